The fourth-order valence-corrected chi connectivity index (χ4v) is 2.25. The van der Waals surface area contributed by atoms with Gasteiger partial charge in [-0.05, 0) is 26.0 Å². The van der Waals surface area contributed by atoms with Gasteiger partial charge in [-0.25, -0.2) is 4.98 Å². The van der Waals surface area contributed by atoms with E-state index in [1.54, 1.807) is 13.2 Å². The number of benzene rings is 1. The van der Waals surface area contributed by atoms with Crippen LogP contribution in [0.1, 0.15) is 44.9 Å². The van der Waals surface area contributed by atoms with E-state index in [0.717, 1.165) is 11.5 Å². The van der Waals surface area contributed by atoms with Crippen LogP contribution in [0, 0.1) is 6.92 Å². The van der Waals surface area contributed by atoms with Crippen LogP contribution in [0.25, 0.3) is 0 Å². The van der Waals surface area contributed by atoms with Crippen LogP contribution < -0.4 is 15.4 Å². The molecule has 0 spiro atoms. The summed E-state index contributed by atoms with van der Waals surface area (Å²) in [6.45, 7) is 11.5. The van der Waals surface area contributed by atoms with Gasteiger partial charge in [-0.2, -0.15) is 0 Å². The quantitative estimate of drug-likeness (QED) is 0.612. The Kier molecular flexibility index (Phi) is 6.66. The van der Waals surface area contributed by atoms with Gasteiger partial charge in [0.25, 0.3) is 0 Å². The zero-order valence-electron chi connectivity index (χ0n) is 16.6. The number of aromatic nitrogens is 1. The Bertz CT molecular complexity index is 714. The number of nitrogens with one attached hydrogen (secondary N) is 2. The van der Waals surface area contributed by atoms with Gasteiger partial charge in [0.2, 0.25) is 5.89 Å². The molecule has 2 rings (SSSR count). The normalized spacial score (nSPS) is 13.4. The lowest BCUT2D eigenvalue weighted by Gasteiger charge is -2.17. The van der Waals surface area contributed by atoms with Crippen molar-refractivity contribution in [2.45, 2.75) is 52.7 Å². The van der Waals surface area contributed by atoms with Gasteiger partial charge in [0.1, 0.15) is 17.6 Å². The molecule has 0 aliphatic heterocycles. The number of ether oxygens (including phenoxy) is 1. The predicted molar refractivity (Wildman–Crippen MR) is 105 cm³/mol. The van der Waals surface area contributed by atoms with E-state index in [-0.39, 0.29) is 11.5 Å². The molecular formula is C20H30N4O2. The zero-order chi connectivity index (χ0) is 19.2. The molecule has 26 heavy (non-hydrogen) atoms. The molecule has 0 saturated heterocycles. The van der Waals surface area contributed by atoms with E-state index in [4.69, 9.17) is 9.15 Å². The third-order valence-electron chi connectivity index (χ3n) is 3.84. The highest BCUT2D eigenvalue weighted by molar-refractivity contribution is 5.79. The minimum absolute atomic E-state index is 0.00508. The summed E-state index contributed by atoms with van der Waals surface area (Å²) in [6, 6.07) is 8.04. The summed E-state index contributed by atoms with van der Waals surface area (Å²) in [6.07, 6.45) is 1.79. The lowest BCUT2D eigenvalue weighted by molar-refractivity contribution is 0.224. The molecule has 1 atom stereocenters. The van der Waals surface area contributed by atoms with Crippen LogP contribution >= 0.6 is 0 Å². The molecule has 1 aromatic heterocycles. The molecule has 6 nitrogen and oxygen atoms in total. The second kappa shape index (κ2) is 8.74. The molecule has 0 saturated carbocycles. The minimum atomic E-state index is -0.0477. The second-order valence-electron chi connectivity index (χ2n) is 7.42. The molecule has 2 aromatic rings. The Hall–Kier alpha value is -2.50. The summed E-state index contributed by atoms with van der Waals surface area (Å²) in [4.78, 5) is 8.53. The topological polar surface area (TPSA) is 71.7 Å². The van der Waals surface area contributed by atoms with E-state index in [9.17, 15) is 0 Å². The fraction of sp³-hybridized carbons (Fsp3) is 0.500. The van der Waals surface area contributed by atoms with Gasteiger partial charge < -0.3 is 19.8 Å². The first-order valence-electron chi connectivity index (χ1n) is 8.91. The van der Waals surface area contributed by atoms with E-state index in [1.807, 2.05) is 31.2 Å². The zero-order valence-corrected chi connectivity index (χ0v) is 16.6. The SMILES string of the molecule is CN=C(NCc1ncc(C(C)(C)C)o1)NCC(C)Oc1ccc(C)cc1. The maximum Gasteiger partial charge on any atom is 0.213 e. The van der Waals surface area contributed by atoms with E-state index < -0.39 is 0 Å². The minimum Gasteiger partial charge on any atom is -0.489 e. The van der Waals surface area contributed by atoms with Gasteiger partial charge in [0.05, 0.1) is 19.3 Å². The smallest absolute Gasteiger partial charge is 0.213 e. The monoisotopic (exact) mass is 358 g/mol. The fourth-order valence-electron chi connectivity index (χ4n) is 2.25. The molecular weight excluding hydrogens is 328 g/mol. The number of aliphatic imine (C=N–C) groups is 1. The van der Waals surface area contributed by atoms with Crippen LogP contribution in [0.5, 0.6) is 5.75 Å². The number of nitrogens with zero attached hydrogens (tertiary/aromatic N) is 2. The standard InChI is InChI=1S/C20H30N4O2/c1-14-7-9-16(10-8-14)25-15(2)11-23-19(21-6)24-13-18-22-12-17(26-18)20(3,4)5/h7-10,12,15H,11,13H2,1-6H3,(H2,21,23,24). The Morgan fingerprint density at radius 1 is 1.23 bits per heavy atom. The summed E-state index contributed by atoms with van der Waals surface area (Å²) in [5.41, 5.74) is 1.17. The molecule has 1 heterocycles. The van der Waals surface area contributed by atoms with E-state index in [1.165, 1.54) is 5.56 Å². The summed E-state index contributed by atoms with van der Waals surface area (Å²) in [7, 11) is 1.73. The third-order valence-corrected chi connectivity index (χ3v) is 3.84. The number of guanidine groups is 1. The van der Waals surface area contributed by atoms with Gasteiger partial charge in [-0.3, -0.25) is 4.99 Å². The van der Waals surface area contributed by atoms with Crippen LogP contribution in [0.15, 0.2) is 39.9 Å². The van der Waals surface area contributed by atoms with Crippen LogP contribution in [0.2, 0.25) is 0 Å². The van der Waals surface area contributed by atoms with Crippen molar-refractivity contribution < 1.29 is 9.15 Å². The molecule has 6 heteroatoms. The molecule has 0 fully saturated rings. The van der Waals surface area contributed by atoms with Crippen molar-refractivity contribution in [1.29, 1.82) is 0 Å². The number of aryl methyl sites for hydroxylation is 1. The Morgan fingerprint density at radius 2 is 1.92 bits per heavy atom. The number of rotatable bonds is 6. The van der Waals surface area contributed by atoms with E-state index in [2.05, 4.69) is 48.3 Å². The average molecular weight is 358 g/mol. The molecule has 0 amide bonds. The molecule has 0 aliphatic carbocycles. The molecule has 0 radical (unpaired) electrons. The van der Waals surface area contributed by atoms with Crippen LogP contribution in [0.3, 0.4) is 0 Å². The number of hydrogen-bond acceptors (Lipinski definition) is 4. The molecule has 2 N–H and O–H groups in total. The number of hydrogen-bond donors (Lipinski definition) is 2. The highest BCUT2D eigenvalue weighted by Crippen LogP contribution is 2.22. The van der Waals surface area contributed by atoms with Crippen molar-refractivity contribution in [2.24, 2.45) is 4.99 Å². The predicted octanol–water partition coefficient (Wildman–Crippen LogP) is 3.41. The van der Waals surface area contributed by atoms with Crippen molar-refractivity contribution in [3.8, 4) is 5.75 Å². The first-order chi connectivity index (χ1) is 12.3. The van der Waals surface area contributed by atoms with Gasteiger partial charge in [-0.1, -0.05) is 38.5 Å². The van der Waals surface area contributed by atoms with Crippen molar-refractivity contribution in [3.05, 3.63) is 47.7 Å². The maximum atomic E-state index is 5.89. The first kappa shape index (κ1) is 19.8. The van der Waals surface area contributed by atoms with Crippen LogP contribution in [0.4, 0.5) is 0 Å². The number of oxazole rings is 1. The summed E-state index contributed by atoms with van der Waals surface area (Å²) >= 11 is 0. The Balaban J connectivity index is 1.78. The molecule has 0 aliphatic rings. The summed E-state index contributed by atoms with van der Waals surface area (Å²) in [5, 5.41) is 6.46. The highest BCUT2D eigenvalue weighted by Gasteiger charge is 2.19. The van der Waals surface area contributed by atoms with E-state index in [0.29, 0.717) is 24.9 Å². The van der Waals surface area contributed by atoms with Crippen molar-refractivity contribution in [1.82, 2.24) is 15.6 Å². The van der Waals surface area contributed by atoms with Crippen LogP contribution in [-0.2, 0) is 12.0 Å². The maximum absolute atomic E-state index is 5.89. The molecule has 0 bridgehead atoms. The van der Waals surface area contributed by atoms with Crippen molar-refractivity contribution >= 4 is 5.96 Å². The lowest BCUT2D eigenvalue weighted by atomic mass is 9.94. The first-order valence-corrected chi connectivity index (χ1v) is 8.91. The van der Waals surface area contributed by atoms with Gasteiger partial charge >= 0.3 is 0 Å². The summed E-state index contributed by atoms with van der Waals surface area (Å²) in [5.74, 6) is 3.06. The van der Waals surface area contributed by atoms with Crippen LogP contribution in [-0.4, -0.2) is 30.6 Å². The molecule has 1 unspecified atom stereocenters. The second-order valence-corrected chi connectivity index (χ2v) is 7.42. The third kappa shape index (κ3) is 6.10. The average Bonchev–Trinajstić information content (AvgIpc) is 3.06. The van der Waals surface area contributed by atoms with Crippen molar-refractivity contribution in [2.75, 3.05) is 13.6 Å². The van der Waals surface area contributed by atoms with Crippen molar-refractivity contribution in [3.63, 3.8) is 0 Å². The molecule has 1 aromatic carbocycles. The van der Waals surface area contributed by atoms with Gasteiger partial charge in [-0.15, -0.1) is 0 Å². The Labute approximate surface area is 156 Å². The highest BCUT2D eigenvalue weighted by atomic mass is 16.5. The van der Waals surface area contributed by atoms with E-state index >= 15 is 0 Å². The summed E-state index contributed by atoms with van der Waals surface area (Å²) < 4.78 is 11.7. The Morgan fingerprint density at radius 3 is 2.50 bits per heavy atom. The largest absolute Gasteiger partial charge is 0.489 e. The lowest BCUT2D eigenvalue weighted by Crippen LogP contribution is -2.41. The van der Waals surface area contributed by atoms with Gasteiger partial charge in [0.15, 0.2) is 5.96 Å². The van der Waals surface area contributed by atoms with Gasteiger partial charge in [0, 0.05) is 12.5 Å². The molecule has 142 valence electrons.